The van der Waals surface area contributed by atoms with Gasteiger partial charge in [-0.15, -0.1) is 0 Å². The molecule has 2 aromatic rings. The minimum absolute atomic E-state index is 0.0889. The zero-order valence-electron chi connectivity index (χ0n) is 14.9. The highest BCUT2D eigenvalue weighted by atomic mass is 19.1. The first-order chi connectivity index (χ1) is 12.4. The largest absolute Gasteiger partial charge is 0.494 e. The van der Waals surface area contributed by atoms with Gasteiger partial charge in [-0.3, -0.25) is 4.79 Å². The molecule has 138 valence electrons. The lowest BCUT2D eigenvalue weighted by atomic mass is 10.1. The second-order valence-electron chi connectivity index (χ2n) is 6.66. The van der Waals surface area contributed by atoms with Crippen LogP contribution in [0.4, 0.5) is 4.39 Å². The number of hydrogen-bond acceptors (Lipinski definition) is 4. The molecule has 1 atom stereocenters. The van der Waals surface area contributed by atoms with Crippen LogP contribution in [0.15, 0.2) is 42.5 Å². The molecule has 0 spiro atoms. The summed E-state index contributed by atoms with van der Waals surface area (Å²) in [6, 6.07) is 11.7. The van der Waals surface area contributed by atoms with Crippen molar-refractivity contribution in [2.24, 2.45) is 0 Å². The van der Waals surface area contributed by atoms with Gasteiger partial charge in [0.05, 0.1) is 13.7 Å². The topological polar surface area (TPSA) is 59.0 Å². The molecule has 0 saturated carbocycles. The van der Waals surface area contributed by atoms with E-state index < -0.39 is 11.4 Å². The molecular weight excluding hydrogens is 337 g/mol. The number of methoxy groups -OCH3 is 1. The molecule has 1 N–H and O–H groups in total. The molecule has 1 heterocycles. The maximum atomic E-state index is 13.8. The first kappa shape index (κ1) is 18.2. The second kappa shape index (κ2) is 7.33. The van der Waals surface area contributed by atoms with Gasteiger partial charge in [0.25, 0.3) is 5.91 Å². The van der Waals surface area contributed by atoms with E-state index in [-0.39, 0.29) is 30.4 Å². The van der Waals surface area contributed by atoms with Crippen LogP contribution in [0, 0.1) is 12.7 Å². The zero-order valence-corrected chi connectivity index (χ0v) is 14.9. The average molecular weight is 359 g/mol. The third-order valence-electron chi connectivity index (χ3n) is 4.52. The standard InChI is InChI=1S/C20H22FNO4/c1-14-4-3-5-16(10-14)26-13-20(24)8-9-22(12-20)19(23)15-6-7-18(25-2)17(21)11-15/h3-7,10-11,24H,8-9,12-13H2,1-2H3/t20-/m0/s1. The van der Waals surface area contributed by atoms with Gasteiger partial charge >= 0.3 is 0 Å². The van der Waals surface area contributed by atoms with Crippen molar-refractivity contribution in [2.45, 2.75) is 18.9 Å². The molecule has 26 heavy (non-hydrogen) atoms. The van der Waals surface area contributed by atoms with Gasteiger partial charge in [0, 0.05) is 12.1 Å². The first-order valence-corrected chi connectivity index (χ1v) is 8.45. The van der Waals surface area contributed by atoms with Crippen LogP contribution in [0.25, 0.3) is 0 Å². The number of benzene rings is 2. The Bertz CT molecular complexity index is 810. The molecule has 2 aromatic carbocycles. The molecule has 6 heteroatoms. The second-order valence-corrected chi connectivity index (χ2v) is 6.66. The number of β-amino-alcohol motifs (C(OH)–C–C–N with tert-alkyl or cyclic N) is 1. The SMILES string of the molecule is COc1ccc(C(=O)N2CC[C@@](O)(COc3cccc(C)c3)C2)cc1F. The molecule has 1 aliphatic heterocycles. The fourth-order valence-electron chi connectivity index (χ4n) is 3.05. The number of aliphatic hydroxyl groups is 1. The van der Waals surface area contributed by atoms with Crippen molar-refractivity contribution in [3.63, 3.8) is 0 Å². The fourth-order valence-corrected chi connectivity index (χ4v) is 3.05. The van der Waals surface area contributed by atoms with Crippen molar-refractivity contribution < 1.29 is 23.8 Å². The highest BCUT2D eigenvalue weighted by Crippen LogP contribution is 2.26. The van der Waals surface area contributed by atoms with Crippen LogP contribution in [-0.4, -0.2) is 48.3 Å². The van der Waals surface area contributed by atoms with Crippen molar-refractivity contribution in [3.05, 3.63) is 59.4 Å². The van der Waals surface area contributed by atoms with Crippen molar-refractivity contribution in [2.75, 3.05) is 26.8 Å². The summed E-state index contributed by atoms with van der Waals surface area (Å²) in [7, 11) is 1.37. The summed E-state index contributed by atoms with van der Waals surface area (Å²) in [6.07, 6.45) is 0.406. The number of amides is 1. The Labute approximate surface area is 152 Å². The summed E-state index contributed by atoms with van der Waals surface area (Å²) < 4.78 is 24.4. The van der Waals surface area contributed by atoms with Gasteiger partial charge in [0.2, 0.25) is 0 Å². The lowest BCUT2D eigenvalue weighted by Gasteiger charge is -2.24. The normalized spacial score (nSPS) is 19.5. The molecule has 0 unspecified atom stereocenters. The van der Waals surface area contributed by atoms with Crippen molar-refractivity contribution in [1.29, 1.82) is 0 Å². The van der Waals surface area contributed by atoms with Crippen LogP contribution < -0.4 is 9.47 Å². The molecule has 3 rings (SSSR count). The number of halogens is 1. The summed E-state index contributed by atoms with van der Waals surface area (Å²) in [5.41, 5.74) is 0.177. The molecule has 1 aliphatic rings. The van der Waals surface area contributed by atoms with E-state index in [1.54, 1.807) is 0 Å². The van der Waals surface area contributed by atoms with E-state index in [0.717, 1.165) is 11.6 Å². The van der Waals surface area contributed by atoms with Gasteiger partial charge in [-0.1, -0.05) is 12.1 Å². The van der Waals surface area contributed by atoms with Crippen molar-refractivity contribution >= 4 is 5.91 Å². The van der Waals surface area contributed by atoms with E-state index >= 15 is 0 Å². The quantitative estimate of drug-likeness (QED) is 0.892. The van der Waals surface area contributed by atoms with Crippen LogP contribution in [0.2, 0.25) is 0 Å². The third kappa shape index (κ3) is 3.96. The Morgan fingerprint density at radius 2 is 2.12 bits per heavy atom. The molecule has 0 aromatic heterocycles. The van der Waals surface area contributed by atoms with Crippen LogP contribution in [0.5, 0.6) is 11.5 Å². The molecule has 1 amide bonds. The van der Waals surface area contributed by atoms with Crippen molar-refractivity contribution in [1.82, 2.24) is 4.90 Å². The summed E-state index contributed by atoms with van der Waals surface area (Å²) >= 11 is 0. The van der Waals surface area contributed by atoms with Crippen molar-refractivity contribution in [3.8, 4) is 11.5 Å². The lowest BCUT2D eigenvalue weighted by Crippen LogP contribution is -2.40. The predicted molar refractivity (Wildman–Crippen MR) is 95.1 cm³/mol. The Hall–Kier alpha value is -2.60. The summed E-state index contributed by atoms with van der Waals surface area (Å²) in [6.45, 7) is 2.59. The summed E-state index contributed by atoms with van der Waals surface area (Å²) in [4.78, 5) is 14.1. The molecule has 0 aliphatic carbocycles. The van der Waals surface area contributed by atoms with Gasteiger partial charge in [-0.05, 0) is 49.2 Å². The smallest absolute Gasteiger partial charge is 0.254 e. The first-order valence-electron chi connectivity index (χ1n) is 8.45. The fraction of sp³-hybridized carbons (Fsp3) is 0.350. The van der Waals surface area contributed by atoms with Gasteiger partial charge in [-0.2, -0.15) is 0 Å². The average Bonchev–Trinajstić information content (AvgIpc) is 3.02. The Morgan fingerprint density at radius 3 is 2.81 bits per heavy atom. The van der Waals surface area contributed by atoms with Crippen LogP contribution in [0.3, 0.4) is 0 Å². The van der Waals surface area contributed by atoms with E-state index in [9.17, 15) is 14.3 Å². The zero-order chi connectivity index (χ0) is 18.7. The summed E-state index contributed by atoms with van der Waals surface area (Å²) in [5, 5.41) is 10.7. The van der Waals surface area contributed by atoms with Crippen LogP contribution in [0.1, 0.15) is 22.3 Å². The van der Waals surface area contributed by atoms with E-state index in [1.807, 2.05) is 31.2 Å². The third-order valence-corrected chi connectivity index (χ3v) is 4.52. The molecule has 5 nitrogen and oxygen atoms in total. The highest BCUT2D eigenvalue weighted by Gasteiger charge is 2.39. The molecule has 0 bridgehead atoms. The lowest BCUT2D eigenvalue weighted by molar-refractivity contribution is 0.00429. The number of nitrogens with zero attached hydrogens (tertiary/aromatic N) is 1. The number of rotatable bonds is 5. The number of ether oxygens (including phenoxy) is 2. The summed E-state index contributed by atoms with van der Waals surface area (Å²) in [5.74, 6) is -0.139. The molecule has 1 fully saturated rings. The maximum Gasteiger partial charge on any atom is 0.254 e. The van der Waals surface area contributed by atoms with Gasteiger partial charge in [-0.25, -0.2) is 4.39 Å². The van der Waals surface area contributed by atoms with Crippen LogP contribution in [-0.2, 0) is 0 Å². The molecule has 1 saturated heterocycles. The number of carbonyl (C=O) groups excluding carboxylic acids is 1. The van der Waals surface area contributed by atoms with E-state index in [2.05, 4.69) is 0 Å². The monoisotopic (exact) mass is 359 g/mol. The van der Waals surface area contributed by atoms with Gasteiger partial charge < -0.3 is 19.5 Å². The van der Waals surface area contributed by atoms with E-state index in [4.69, 9.17) is 9.47 Å². The number of aryl methyl sites for hydroxylation is 1. The molecular formula is C20H22FNO4. The minimum Gasteiger partial charge on any atom is -0.494 e. The number of likely N-dealkylation sites (tertiary alicyclic amines) is 1. The molecule has 0 radical (unpaired) electrons. The van der Waals surface area contributed by atoms with Crippen LogP contribution >= 0.6 is 0 Å². The van der Waals surface area contributed by atoms with Gasteiger partial charge in [0.1, 0.15) is 18.0 Å². The Kier molecular flexibility index (Phi) is 5.13. The Morgan fingerprint density at radius 1 is 1.31 bits per heavy atom. The minimum atomic E-state index is -1.12. The number of carbonyl (C=O) groups is 1. The van der Waals surface area contributed by atoms with E-state index in [1.165, 1.54) is 24.1 Å². The maximum absolute atomic E-state index is 13.8. The van der Waals surface area contributed by atoms with E-state index in [0.29, 0.717) is 18.7 Å². The number of hydrogen-bond donors (Lipinski definition) is 1. The highest BCUT2D eigenvalue weighted by molar-refractivity contribution is 5.94. The Balaban J connectivity index is 1.63. The predicted octanol–water partition coefficient (Wildman–Crippen LogP) is 2.80. The van der Waals surface area contributed by atoms with Gasteiger partial charge in [0.15, 0.2) is 11.6 Å².